The van der Waals surface area contributed by atoms with Gasteiger partial charge in [-0.2, -0.15) is 5.10 Å². The van der Waals surface area contributed by atoms with Gasteiger partial charge in [0.15, 0.2) is 5.69 Å². The van der Waals surface area contributed by atoms with Crippen molar-refractivity contribution in [3.63, 3.8) is 0 Å². The van der Waals surface area contributed by atoms with Gasteiger partial charge in [-0.3, -0.25) is 19.5 Å². The average molecular weight is 407 g/mol. The van der Waals surface area contributed by atoms with Gasteiger partial charge in [-0.05, 0) is 12.1 Å². The van der Waals surface area contributed by atoms with Crippen LogP contribution in [-0.2, 0) is 22.5 Å². The summed E-state index contributed by atoms with van der Waals surface area (Å²) in [6.07, 6.45) is 0.604. The Kier molecular flexibility index (Phi) is 4.30. The summed E-state index contributed by atoms with van der Waals surface area (Å²) in [5, 5.41) is 8.14. The predicted octanol–water partition coefficient (Wildman–Crippen LogP) is 1.33. The number of hydrogen-bond donors (Lipinski definition) is 2. The number of para-hydroxylation sites is 1. The van der Waals surface area contributed by atoms with Crippen LogP contribution in [0, 0.1) is 5.92 Å². The number of amides is 2. The maximum Gasteiger partial charge on any atom is 0.312 e. The quantitative estimate of drug-likeness (QED) is 0.637. The van der Waals surface area contributed by atoms with E-state index in [1.807, 2.05) is 30.3 Å². The third-order valence-corrected chi connectivity index (χ3v) is 5.89. The molecule has 0 bridgehead atoms. The molecule has 9 heteroatoms. The Morgan fingerprint density at radius 1 is 1.13 bits per heavy atom. The van der Waals surface area contributed by atoms with E-state index in [0.29, 0.717) is 44.0 Å². The fourth-order valence-corrected chi connectivity index (χ4v) is 4.11. The molecule has 4 heterocycles. The molecule has 9 nitrogen and oxygen atoms in total. The molecule has 0 spiro atoms. The molecule has 30 heavy (non-hydrogen) atoms. The molecule has 5 rings (SSSR count). The van der Waals surface area contributed by atoms with Gasteiger partial charge in [0.05, 0.1) is 19.6 Å². The van der Waals surface area contributed by atoms with Crippen molar-refractivity contribution >= 4 is 28.7 Å². The minimum atomic E-state index is -0.307. The number of likely N-dealkylation sites (tertiary alicyclic amines) is 1. The lowest BCUT2D eigenvalue weighted by Gasteiger charge is -2.37. The van der Waals surface area contributed by atoms with E-state index in [-0.39, 0.29) is 23.7 Å². The number of methoxy groups -OCH3 is 1. The molecule has 2 amide bonds. The summed E-state index contributed by atoms with van der Waals surface area (Å²) in [6.45, 7) is 1.51. The van der Waals surface area contributed by atoms with Gasteiger partial charge < -0.3 is 19.5 Å². The molecule has 0 atom stereocenters. The van der Waals surface area contributed by atoms with E-state index in [1.165, 1.54) is 7.11 Å². The van der Waals surface area contributed by atoms with Crippen molar-refractivity contribution in [2.75, 3.05) is 26.7 Å². The fourth-order valence-electron chi connectivity index (χ4n) is 4.11. The van der Waals surface area contributed by atoms with Crippen LogP contribution in [0.3, 0.4) is 0 Å². The standard InChI is InChI=1S/C21H21N5O4/c1-30-21(29)13-9-26(10-13)20(28)18-14-11-25(7-6-16(14)23-24-18)19(27)17-8-12-4-2-3-5-15(12)22-17/h2-5,8,13,22H,6-7,9-11H2,1H3,(H,23,24). The number of aromatic nitrogens is 3. The van der Waals surface area contributed by atoms with Gasteiger partial charge in [0.25, 0.3) is 11.8 Å². The zero-order valence-corrected chi connectivity index (χ0v) is 16.5. The van der Waals surface area contributed by atoms with Crippen LogP contribution in [0.15, 0.2) is 30.3 Å². The van der Waals surface area contributed by atoms with Crippen molar-refractivity contribution in [2.24, 2.45) is 5.92 Å². The molecule has 2 N–H and O–H groups in total. The van der Waals surface area contributed by atoms with E-state index < -0.39 is 0 Å². The van der Waals surface area contributed by atoms with E-state index in [9.17, 15) is 14.4 Å². The third kappa shape index (κ3) is 2.94. The molecule has 3 aromatic rings. The second-order valence-corrected chi connectivity index (χ2v) is 7.71. The molecule has 1 aromatic carbocycles. The molecule has 2 aliphatic heterocycles. The van der Waals surface area contributed by atoms with Gasteiger partial charge in [-0.15, -0.1) is 0 Å². The molecule has 1 fully saturated rings. The van der Waals surface area contributed by atoms with Gasteiger partial charge >= 0.3 is 5.97 Å². The monoisotopic (exact) mass is 407 g/mol. The van der Waals surface area contributed by atoms with Crippen molar-refractivity contribution in [3.05, 3.63) is 53.0 Å². The van der Waals surface area contributed by atoms with Gasteiger partial charge in [0.2, 0.25) is 0 Å². The Bertz CT molecular complexity index is 1120. The second kappa shape index (κ2) is 7.01. The summed E-state index contributed by atoms with van der Waals surface area (Å²) < 4.78 is 4.72. The summed E-state index contributed by atoms with van der Waals surface area (Å²) in [6, 6.07) is 9.59. The zero-order valence-electron chi connectivity index (χ0n) is 16.5. The van der Waals surface area contributed by atoms with E-state index in [4.69, 9.17) is 4.74 Å². The molecular formula is C21H21N5O4. The molecule has 2 aliphatic rings. The Morgan fingerprint density at radius 3 is 2.70 bits per heavy atom. The number of nitrogens with one attached hydrogen (secondary N) is 2. The SMILES string of the molecule is COC(=O)C1CN(C(=O)c2n[nH]c3c2CN(C(=O)c2cc4ccccc4[nH]2)CC3)C1. The van der Waals surface area contributed by atoms with Crippen LogP contribution < -0.4 is 0 Å². The number of ether oxygens (including phenoxy) is 1. The van der Waals surface area contributed by atoms with Crippen molar-refractivity contribution in [3.8, 4) is 0 Å². The van der Waals surface area contributed by atoms with E-state index in [2.05, 4.69) is 15.2 Å². The minimum Gasteiger partial charge on any atom is -0.469 e. The van der Waals surface area contributed by atoms with Gasteiger partial charge in [-0.25, -0.2) is 0 Å². The number of H-pyrrole nitrogens is 2. The highest BCUT2D eigenvalue weighted by Gasteiger charge is 2.39. The Labute approximate surface area is 172 Å². The first-order valence-corrected chi connectivity index (χ1v) is 9.85. The minimum absolute atomic E-state index is 0.105. The molecule has 0 saturated carbocycles. The van der Waals surface area contributed by atoms with Crippen molar-refractivity contribution in [1.29, 1.82) is 0 Å². The predicted molar refractivity (Wildman–Crippen MR) is 107 cm³/mol. The van der Waals surface area contributed by atoms with Crippen LogP contribution in [0.2, 0.25) is 0 Å². The molecule has 1 saturated heterocycles. The van der Waals surface area contributed by atoms with Gasteiger partial charge in [-0.1, -0.05) is 18.2 Å². The summed E-state index contributed by atoms with van der Waals surface area (Å²) in [7, 11) is 1.34. The molecular weight excluding hydrogens is 386 g/mol. The molecule has 0 aliphatic carbocycles. The summed E-state index contributed by atoms with van der Waals surface area (Å²) in [5.74, 6) is -0.925. The highest BCUT2D eigenvalue weighted by atomic mass is 16.5. The van der Waals surface area contributed by atoms with Crippen LogP contribution in [0.5, 0.6) is 0 Å². The maximum absolute atomic E-state index is 13.1. The first-order chi connectivity index (χ1) is 14.5. The number of rotatable bonds is 3. The average Bonchev–Trinajstić information content (AvgIpc) is 3.35. The maximum atomic E-state index is 13.1. The van der Waals surface area contributed by atoms with Crippen LogP contribution in [0.4, 0.5) is 0 Å². The van der Waals surface area contributed by atoms with Crippen LogP contribution in [0.1, 0.15) is 32.2 Å². The van der Waals surface area contributed by atoms with E-state index in [0.717, 1.165) is 22.2 Å². The number of nitrogens with zero attached hydrogens (tertiary/aromatic N) is 3. The first kappa shape index (κ1) is 18.4. The highest BCUT2D eigenvalue weighted by molar-refractivity contribution is 5.99. The number of esters is 1. The topological polar surface area (TPSA) is 111 Å². The van der Waals surface area contributed by atoms with Gasteiger partial charge in [0.1, 0.15) is 5.69 Å². The summed E-state index contributed by atoms with van der Waals surface area (Å²) in [5.41, 5.74) is 3.39. The lowest BCUT2D eigenvalue weighted by molar-refractivity contribution is -0.149. The smallest absolute Gasteiger partial charge is 0.312 e. The van der Waals surface area contributed by atoms with Crippen molar-refractivity contribution in [2.45, 2.75) is 13.0 Å². The Morgan fingerprint density at radius 2 is 1.93 bits per heavy atom. The van der Waals surface area contributed by atoms with E-state index >= 15 is 0 Å². The van der Waals surface area contributed by atoms with Crippen LogP contribution >= 0.6 is 0 Å². The van der Waals surface area contributed by atoms with Gasteiger partial charge in [0, 0.05) is 48.2 Å². The molecule has 2 aromatic heterocycles. The highest BCUT2D eigenvalue weighted by Crippen LogP contribution is 2.26. The molecule has 0 radical (unpaired) electrons. The van der Waals surface area contributed by atoms with Crippen LogP contribution in [-0.4, -0.2) is 69.5 Å². The number of fused-ring (bicyclic) bond motifs is 2. The van der Waals surface area contributed by atoms with Crippen molar-refractivity contribution in [1.82, 2.24) is 25.0 Å². The molecule has 0 unspecified atom stereocenters. The number of carbonyl (C=O) groups excluding carboxylic acids is 3. The summed E-state index contributed by atoms with van der Waals surface area (Å²) in [4.78, 5) is 44.0. The molecule has 154 valence electrons. The van der Waals surface area contributed by atoms with Crippen LogP contribution in [0.25, 0.3) is 10.9 Å². The largest absolute Gasteiger partial charge is 0.469 e. The third-order valence-electron chi connectivity index (χ3n) is 5.89. The zero-order chi connectivity index (χ0) is 20.8. The number of carbonyl (C=O) groups is 3. The second-order valence-electron chi connectivity index (χ2n) is 7.71. The first-order valence-electron chi connectivity index (χ1n) is 9.85. The Hall–Kier alpha value is -3.62. The Balaban J connectivity index is 1.33. The number of aromatic amines is 2. The number of benzene rings is 1. The summed E-state index contributed by atoms with van der Waals surface area (Å²) >= 11 is 0. The lowest BCUT2D eigenvalue weighted by Crippen LogP contribution is -2.53. The van der Waals surface area contributed by atoms with Crippen molar-refractivity contribution < 1.29 is 19.1 Å². The number of hydrogen-bond acceptors (Lipinski definition) is 5. The van der Waals surface area contributed by atoms with E-state index in [1.54, 1.807) is 9.80 Å². The lowest BCUT2D eigenvalue weighted by atomic mass is 9.98. The normalized spacial score (nSPS) is 16.3. The fraction of sp³-hybridized carbons (Fsp3) is 0.333.